The molecule has 0 saturated heterocycles. The van der Waals surface area contributed by atoms with Gasteiger partial charge in [0.25, 0.3) is 0 Å². The van der Waals surface area contributed by atoms with Gasteiger partial charge >= 0.3 is 5.97 Å². The first-order chi connectivity index (χ1) is 8.09. The van der Waals surface area contributed by atoms with E-state index in [0.717, 1.165) is 4.88 Å². The summed E-state index contributed by atoms with van der Waals surface area (Å²) >= 11 is 1.51. The van der Waals surface area contributed by atoms with Crippen LogP contribution in [0.5, 0.6) is 0 Å². The topological polar surface area (TPSA) is 76.2 Å². The number of carbonyl (C=O) groups is 1. The second kappa shape index (κ2) is 4.67. The molecule has 0 aliphatic carbocycles. The SMILES string of the molecule is CC(C(=O)O)C(C)c1nc(-c2cccs2)no1. The van der Waals surface area contributed by atoms with E-state index in [-0.39, 0.29) is 5.92 Å². The molecule has 0 radical (unpaired) electrons. The molecule has 0 aliphatic rings. The lowest BCUT2D eigenvalue weighted by molar-refractivity contribution is -0.141. The number of carboxylic acids is 1. The summed E-state index contributed by atoms with van der Waals surface area (Å²) in [4.78, 5) is 16.0. The maximum atomic E-state index is 10.9. The van der Waals surface area contributed by atoms with E-state index in [1.807, 2.05) is 17.5 Å². The van der Waals surface area contributed by atoms with Crippen molar-refractivity contribution in [2.24, 2.45) is 5.92 Å². The minimum Gasteiger partial charge on any atom is -0.481 e. The summed E-state index contributed by atoms with van der Waals surface area (Å²) in [6.45, 7) is 3.40. The first kappa shape index (κ1) is 11.8. The smallest absolute Gasteiger partial charge is 0.307 e. The monoisotopic (exact) mass is 252 g/mol. The molecule has 17 heavy (non-hydrogen) atoms. The van der Waals surface area contributed by atoms with Crippen LogP contribution in [0, 0.1) is 5.92 Å². The number of carboxylic acid groups (broad SMARTS) is 1. The average molecular weight is 252 g/mol. The van der Waals surface area contributed by atoms with Crippen LogP contribution in [0.1, 0.15) is 25.7 Å². The molecule has 1 N–H and O–H groups in total. The summed E-state index contributed by atoms with van der Waals surface area (Å²) in [5.74, 6) is -0.837. The van der Waals surface area contributed by atoms with Crippen molar-refractivity contribution in [2.75, 3.05) is 0 Å². The van der Waals surface area contributed by atoms with Crippen molar-refractivity contribution in [1.82, 2.24) is 10.1 Å². The van der Waals surface area contributed by atoms with E-state index in [2.05, 4.69) is 10.1 Å². The zero-order valence-corrected chi connectivity index (χ0v) is 10.3. The van der Waals surface area contributed by atoms with Crippen molar-refractivity contribution in [1.29, 1.82) is 0 Å². The molecule has 5 nitrogen and oxygen atoms in total. The molecular weight excluding hydrogens is 240 g/mol. The highest BCUT2D eigenvalue weighted by Crippen LogP contribution is 2.27. The predicted molar refractivity (Wildman–Crippen MR) is 62.8 cm³/mol. The summed E-state index contributed by atoms with van der Waals surface area (Å²) in [6, 6.07) is 3.80. The van der Waals surface area contributed by atoms with E-state index in [0.29, 0.717) is 11.7 Å². The van der Waals surface area contributed by atoms with E-state index in [4.69, 9.17) is 9.63 Å². The lowest BCUT2D eigenvalue weighted by Crippen LogP contribution is -2.16. The lowest BCUT2D eigenvalue weighted by atomic mass is 9.96. The molecule has 0 aliphatic heterocycles. The van der Waals surface area contributed by atoms with Gasteiger partial charge in [0.15, 0.2) is 0 Å². The lowest BCUT2D eigenvalue weighted by Gasteiger charge is -2.10. The Balaban J connectivity index is 2.21. The Bertz CT molecular complexity index is 507. The summed E-state index contributed by atoms with van der Waals surface area (Å²) in [5.41, 5.74) is 0. The van der Waals surface area contributed by atoms with Crippen molar-refractivity contribution in [2.45, 2.75) is 19.8 Å². The van der Waals surface area contributed by atoms with Gasteiger partial charge in [-0.05, 0) is 11.4 Å². The summed E-state index contributed by atoms with van der Waals surface area (Å²) < 4.78 is 5.10. The third-order valence-corrected chi connectivity index (χ3v) is 3.58. The van der Waals surface area contributed by atoms with E-state index in [9.17, 15) is 4.79 Å². The summed E-state index contributed by atoms with van der Waals surface area (Å²) in [6.07, 6.45) is 0. The van der Waals surface area contributed by atoms with Gasteiger partial charge in [0, 0.05) is 5.92 Å². The van der Waals surface area contributed by atoms with Gasteiger partial charge in [0.1, 0.15) is 0 Å². The molecule has 2 aromatic heterocycles. The fraction of sp³-hybridized carbons (Fsp3) is 0.364. The highest BCUT2D eigenvalue weighted by Gasteiger charge is 2.26. The molecular formula is C11H12N2O3S. The predicted octanol–water partition coefficient (Wildman–Crippen LogP) is 2.62. The third-order valence-electron chi connectivity index (χ3n) is 2.71. The largest absolute Gasteiger partial charge is 0.481 e. The Morgan fingerprint density at radius 3 is 2.88 bits per heavy atom. The van der Waals surface area contributed by atoms with E-state index in [1.54, 1.807) is 13.8 Å². The first-order valence-corrected chi connectivity index (χ1v) is 6.08. The summed E-state index contributed by atoms with van der Waals surface area (Å²) in [5, 5.41) is 14.7. The highest BCUT2D eigenvalue weighted by atomic mass is 32.1. The number of thiophene rings is 1. The standard InChI is InChI=1S/C11H12N2O3S/c1-6(7(2)11(14)15)10-12-9(13-16-10)8-4-3-5-17-8/h3-7H,1-2H3,(H,14,15). The second-order valence-electron chi connectivity index (χ2n) is 3.85. The van der Waals surface area contributed by atoms with Crippen LogP contribution in [-0.4, -0.2) is 21.2 Å². The number of hydrogen-bond donors (Lipinski definition) is 1. The molecule has 0 fully saturated rings. The van der Waals surface area contributed by atoms with Crippen LogP contribution in [0.15, 0.2) is 22.0 Å². The normalized spacial score (nSPS) is 14.5. The second-order valence-corrected chi connectivity index (χ2v) is 4.80. The number of aliphatic carboxylic acids is 1. The van der Waals surface area contributed by atoms with E-state index >= 15 is 0 Å². The maximum absolute atomic E-state index is 10.9. The fourth-order valence-electron chi connectivity index (χ4n) is 1.35. The Kier molecular flexibility index (Phi) is 3.23. The Morgan fingerprint density at radius 1 is 1.53 bits per heavy atom. The maximum Gasteiger partial charge on any atom is 0.307 e. The first-order valence-electron chi connectivity index (χ1n) is 5.20. The van der Waals surface area contributed by atoms with Crippen molar-refractivity contribution in [3.63, 3.8) is 0 Å². The van der Waals surface area contributed by atoms with Gasteiger partial charge in [-0.15, -0.1) is 11.3 Å². The quantitative estimate of drug-likeness (QED) is 0.905. The number of rotatable bonds is 4. The van der Waals surface area contributed by atoms with Gasteiger partial charge in [-0.2, -0.15) is 4.98 Å². The van der Waals surface area contributed by atoms with Crippen LogP contribution >= 0.6 is 11.3 Å². The van der Waals surface area contributed by atoms with E-state index < -0.39 is 11.9 Å². The van der Waals surface area contributed by atoms with Gasteiger partial charge < -0.3 is 9.63 Å². The summed E-state index contributed by atoms with van der Waals surface area (Å²) in [7, 11) is 0. The van der Waals surface area contributed by atoms with Crippen molar-refractivity contribution >= 4 is 17.3 Å². The molecule has 2 heterocycles. The zero-order chi connectivity index (χ0) is 12.4. The van der Waals surface area contributed by atoms with Gasteiger partial charge in [-0.3, -0.25) is 4.79 Å². The highest BCUT2D eigenvalue weighted by molar-refractivity contribution is 7.13. The van der Waals surface area contributed by atoms with Crippen LogP contribution in [0.2, 0.25) is 0 Å². The van der Waals surface area contributed by atoms with Crippen molar-refractivity contribution in [3.05, 3.63) is 23.4 Å². The van der Waals surface area contributed by atoms with Gasteiger partial charge in [-0.1, -0.05) is 25.1 Å². The molecule has 2 atom stereocenters. The molecule has 0 saturated carbocycles. The van der Waals surface area contributed by atoms with Gasteiger partial charge in [0.05, 0.1) is 10.8 Å². The van der Waals surface area contributed by atoms with Crippen LogP contribution < -0.4 is 0 Å². The number of hydrogen-bond acceptors (Lipinski definition) is 5. The van der Waals surface area contributed by atoms with Crippen LogP contribution in [0.4, 0.5) is 0 Å². The fourth-order valence-corrected chi connectivity index (χ4v) is 2.00. The van der Waals surface area contributed by atoms with Crippen LogP contribution in [0.25, 0.3) is 10.7 Å². The van der Waals surface area contributed by atoms with E-state index in [1.165, 1.54) is 11.3 Å². The molecule has 90 valence electrons. The zero-order valence-electron chi connectivity index (χ0n) is 9.45. The molecule has 0 aromatic carbocycles. The van der Waals surface area contributed by atoms with Gasteiger partial charge in [-0.25, -0.2) is 0 Å². The van der Waals surface area contributed by atoms with Gasteiger partial charge in [0.2, 0.25) is 11.7 Å². The minimum atomic E-state index is -0.867. The average Bonchev–Trinajstić information content (AvgIpc) is 2.96. The molecule has 2 rings (SSSR count). The Morgan fingerprint density at radius 2 is 2.29 bits per heavy atom. The number of aromatic nitrogens is 2. The third kappa shape index (κ3) is 2.36. The van der Waals surface area contributed by atoms with Crippen molar-refractivity contribution in [3.8, 4) is 10.7 Å². The Hall–Kier alpha value is -1.69. The molecule has 0 bridgehead atoms. The minimum absolute atomic E-state index is 0.297. The molecule has 0 spiro atoms. The van der Waals surface area contributed by atoms with Crippen LogP contribution in [0.3, 0.4) is 0 Å². The molecule has 2 unspecified atom stereocenters. The van der Waals surface area contributed by atoms with Crippen LogP contribution in [-0.2, 0) is 4.79 Å². The Labute approximate surface area is 102 Å². The number of nitrogens with zero attached hydrogens (tertiary/aromatic N) is 2. The molecule has 2 aromatic rings. The molecule has 6 heteroatoms. The van der Waals surface area contributed by atoms with Crippen molar-refractivity contribution < 1.29 is 14.4 Å². The molecule has 0 amide bonds.